The topological polar surface area (TPSA) is 41.1 Å². The van der Waals surface area contributed by atoms with Gasteiger partial charge < -0.3 is 10.6 Å². The summed E-state index contributed by atoms with van der Waals surface area (Å²) in [5, 5.41) is 7.26. The van der Waals surface area contributed by atoms with Gasteiger partial charge in [0, 0.05) is 17.1 Å². The number of hydrogen-bond donors (Lipinski definition) is 2. The highest BCUT2D eigenvalue weighted by molar-refractivity contribution is 6.36. The highest BCUT2D eigenvalue weighted by Gasteiger charge is 2.22. The van der Waals surface area contributed by atoms with Gasteiger partial charge in [-0.1, -0.05) is 23.2 Å². The first-order valence-corrected chi connectivity index (χ1v) is 7.29. The summed E-state index contributed by atoms with van der Waals surface area (Å²) < 4.78 is 0. The van der Waals surface area contributed by atoms with E-state index in [1.165, 1.54) is 0 Å². The van der Waals surface area contributed by atoms with Crippen LogP contribution < -0.4 is 10.6 Å². The summed E-state index contributed by atoms with van der Waals surface area (Å²) in [7, 11) is 1.98. The van der Waals surface area contributed by atoms with E-state index >= 15 is 0 Å². The van der Waals surface area contributed by atoms with E-state index in [4.69, 9.17) is 23.2 Å². The number of halogens is 2. The molecule has 0 saturated heterocycles. The van der Waals surface area contributed by atoms with Gasteiger partial charge in [-0.25, -0.2) is 0 Å². The molecule has 0 heterocycles. The Hall–Kier alpha value is -0.770. The zero-order valence-corrected chi connectivity index (χ0v) is 12.4. The van der Waals surface area contributed by atoms with Gasteiger partial charge in [-0.05, 0) is 50.9 Å². The monoisotopic (exact) mass is 300 g/mol. The lowest BCUT2D eigenvalue weighted by Crippen LogP contribution is -2.41. The maximum absolute atomic E-state index is 12.1. The van der Waals surface area contributed by atoms with Crippen molar-refractivity contribution in [3.8, 4) is 0 Å². The fourth-order valence-electron chi connectivity index (χ4n) is 2.46. The zero-order valence-electron chi connectivity index (χ0n) is 10.9. The van der Waals surface area contributed by atoms with Gasteiger partial charge in [-0.15, -0.1) is 0 Å². The number of amides is 1. The van der Waals surface area contributed by atoms with Gasteiger partial charge in [0.1, 0.15) is 0 Å². The van der Waals surface area contributed by atoms with E-state index in [0.29, 0.717) is 21.7 Å². The van der Waals surface area contributed by atoms with Crippen LogP contribution in [0.5, 0.6) is 0 Å². The fourth-order valence-corrected chi connectivity index (χ4v) is 2.96. The van der Waals surface area contributed by atoms with E-state index in [1.54, 1.807) is 18.2 Å². The largest absolute Gasteiger partial charge is 0.349 e. The Kier molecular flexibility index (Phi) is 5.08. The van der Waals surface area contributed by atoms with Gasteiger partial charge in [0.25, 0.3) is 5.91 Å². The van der Waals surface area contributed by atoms with E-state index in [9.17, 15) is 4.79 Å². The van der Waals surface area contributed by atoms with Crippen LogP contribution in [0.25, 0.3) is 0 Å². The second-order valence-electron chi connectivity index (χ2n) is 4.93. The minimum atomic E-state index is -0.116. The van der Waals surface area contributed by atoms with Crippen LogP contribution in [-0.2, 0) is 0 Å². The van der Waals surface area contributed by atoms with Crippen molar-refractivity contribution in [2.45, 2.75) is 37.8 Å². The van der Waals surface area contributed by atoms with Crippen LogP contribution in [0.2, 0.25) is 10.0 Å². The van der Waals surface area contributed by atoms with Crippen LogP contribution in [-0.4, -0.2) is 25.0 Å². The standard InChI is InChI=1S/C14H18Cl2N2O/c1-17-10-3-5-11(6-4-10)18-14(19)12-7-2-9(15)8-13(12)16/h2,7-8,10-11,17H,3-6H2,1H3,(H,18,19). The third-order valence-electron chi connectivity index (χ3n) is 3.65. The summed E-state index contributed by atoms with van der Waals surface area (Å²) >= 11 is 11.9. The highest BCUT2D eigenvalue weighted by atomic mass is 35.5. The molecule has 0 bridgehead atoms. The molecular weight excluding hydrogens is 283 g/mol. The molecule has 1 amide bonds. The number of benzene rings is 1. The van der Waals surface area contributed by atoms with Crippen molar-refractivity contribution >= 4 is 29.1 Å². The normalized spacial score (nSPS) is 23.1. The molecule has 1 fully saturated rings. The quantitative estimate of drug-likeness (QED) is 0.900. The molecule has 0 atom stereocenters. The number of hydrogen-bond acceptors (Lipinski definition) is 2. The maximum Gasteiger partial charge on any atom is 0.253 e. The van der Waals surface area contributed by atoms with E-state index in [-0.39, 0.29) is 11.9 Å². The van der Waals surface area contributed by atoms with E-state index < -0.39 is 0 Å². The van der Waals surface area contributed by atoms with Crippen LogP contribution in [0.3, 0.4) is 0 Å². The van der Waals surface area contributed by atoms with Crippen molar-refractivity contribution in [3.05, 3.63) is 33.8 Å². The lowest BCUT2D eigenvalue weighted by molar-refractivity contribution is 0.0925. The first-order valence-electron chi connectivity index (χ1n) is 6.53. The molecule has 19 heavy (non-hydrogen) atoms. The second-order valence-corrected chi connectivity index (χ2v) is 5.78. The van der Waals surface area contributed by atoms with Gasteiger partial charge in [0.05, 0.1) is 10.6 Å². The molecule has 3 nitrogen and oxygen atoms in total. The van der Waals surface area contributed by atoms with Crippen molar-refractivity contribution in [1.29, 1.82) is 0 Å². The first kappa shape index (κ1) is 14.6. The Bertz CT molecular complexity index is 457. The molecule has 0 spiro atoms. The highest BCUT2D eigenvalue weighted by Crippen LogP contribution is 2.22. The summed E-state index contributed by atoms with van der Waals surface area (Å²) in [6.45, 7) is 0. The van der Waals surface area contributed by atoms with Gasteiger partial charge in [-0.2, -0.15) is 0 Å². The summed E-state index contributed by atoms with van der Waals surface area (Å²) in [6, 6.07) is 5.76. The van der Waals surface area contributed by atoms with E-state index in [2.05, 4.69) is 10.6 Å². The van der Waals surface area contributed by atoms with Gasteiger partial charge in [0.15, 0.2) is 0 Å². The first-order chi connectivity index (χ1) is 9.10. The minimum absolute atomic E-state index is 0.116. The average Bonchev–Trinajstić information content (AvgIpc) is 2.39. The summed E-state index contributed by atoms with van der Waals surface area (Å²) in [6.07, 6.45) is 4.19. The molecule has 104 valence electrons. The lowest BCUT2D eigenvalue weighted by atomic mass is 9.91. The molecule has 1 aliphatic carbocycles. The second kappa shape index (κ2) is 6.60. The Morgan fingerprint density at radius 2 is 1.79 bits per heavy atom. The Morgan fingerprint density at radius 3 is 2.37 bits per heavy atom. The SMILES string of the molecule is CNC1CCC(NC(=O)c2ccc(Cl)cc2Cl)CC1. The average molecular weight is 301 g/mol. The number of carbonyl (C=O) groups is 1. The number of rotatable bonds is 3. The Morgan fingerprint density at radius 1 is 1.16 bits per heavy atom. The number of carbonyl (C=O) groups excluding carboxylic acids is 1. The maximum atomic E-state index is 12.1. The Balaban J connectivity index is 1.94. The molecule has 0 aromatic heterocycles. The third kappa shape index (κ3) is 3.85. The predicted molar refractivity (Wildman–Crippen MR) is 79.0 cm³/mol. The van der Waals surface area contributed by atoms with Crippen molar-refractivity contribution in [2.24, 2.45) is 0 Å². The molecule has 0 radical (unpaired) electrons. The molecule has 0 aliphatic heterocycles. The van der Waals surface area contributed by atoms with Crippen molar-refractivity contribution in [2.75, 3.05) is 7.05 Å². The molecule has 2 N–H and O–H groups in total. The summed E-state index contributed by atoms with van der Waals surface area (Å²) in [5.74, 6) is -0.116. The van der Waals surface area contributed by atoms with Gasteiger partial charge in [-0.3, -0.25) is 4.79 Å². The van der Waals surface area contributed by atoms with Gasteiger partial charge >= 0.3 is 0 Å². The molecule has 2 rings (SSSR count). The minimum Gasteiger partial charge on any atom is -0.349 e. The molecule has 1 aromatic carbocycles. The van der Waals surface area contributed by atoms with Crippen molar-refractivity contribution in [3.63, 3.8) is 0 Å². The third-order valence-corrected chi connectivity index (χ3v) is 4.19. The zero-order chi connectivity index (χ0) is 13.8. The summed E-state index contributed by atoms with van der Waals surface area (Å²) in [4.78, 5) is 12.1. The van der Waals surface area contributed by atoms with E-state index in [0.717, 1.165) is 25.7 Å². The number of nitrogens with one attached hydrogen (secondary N) is 2. The smallest absolute Gasteiger partial charge is 0.253 e. The van der Waals surface area contributed by atoms with Gasteiger partial charge in [0.2, 0.25) is 0 Å². The molecule has 1 aliphatic rings. The van der Waals surface area contributed by atoms with Crippen molar-refractivity contribution in [1.82, 2.24) is 10.6 Å². The fraction of sp³-hybridized carbons (Fsp3) is 0.500. The molecule has 1 saturated carbocycles. The van der Waals surface area contributed by atoms with Crippen LogP contribution >= 0.6 is 23.2 Å². The van der Waals surface area contributed by atoms with E-state index in [1.807, 2.05) is 7.05 Å². The van der Waals surface area contributed by atoms with Crippen LogP contribution in [0.4, 0.5) is 0 Å². The lowest BCUT2D eigenvalue weighted by Gasteiger charge is -2.28. The van der Waals surface area contributed by atoms with Crippen LogP contribution in [0, 0.1) is 0 Å². The van der Waals surface area contributed by atoms with Crippen molar-refractivity contribution < 1.29 is 4.79 Å². The predicted octanol–water partition coefficient (Wildman–Crippen LogP) is 3.25. The molecule has 0 unspecified atom stereocenters. The van der Waals surface area contributed by atoms with Crippen LogP contribution in [0.15, 0.2) is 18.2 Å². The molecular formula is C14H18Cl2N2O. The molecule has 5 heteroatoms. The molecule has 1 aromatic rings. The van der Waals surface area contributed by atoms with Crippen LogP contribution in [0.1, 0.15) is 36.0 Å². The summed E-state index contributed by atoms with van der Waals surface area (Å²) in [5.41, 5.74) is 0.488. The Labute approximate surface area is 123 Å².